The molecule has 0 saturated carbocycles. The van der Waals surface area contributed by atoms with Gasteiger partial charge in [0.2, 0.25) is 0 Å². The van der Waals surface area contributed by atoms with Gasteiger partial charge in [0.25, 0.3) is 5.91 Å². The van der Waals surface area contributed by atoms with E-state index >= 15 is 0 Å². The number of carbonyl (C=O) groups is 2. The lowest BCUT2D eigenvalue weighted by Gasteiger charge is -2.17. The number of amidine groups is 1. The molecule has 0 atom stereocenters. The fraction of sp³-hybridized carbons (Fsp3) is 0.107. The number of nitrogens with two attached hydrogens (primary N) is 1. The van der Waals surface area contributed by atoms with Crippen molar-refractivity contribution >= 4 is 39.9 Å². The molecule has 4 rings (SSSR count). The Bertz CT molecular complexity index is 1450. The molecule has 4 aromatic rings. The van der Waals surface area contributed by atoms with Crippen LogP contribution in [0, 0.1) is 12.3 Å². The third-order valence-corrected chi connectivity index (χ3v) is 5.64. The summed E-state index contributed by atoms with van der Waals surface area (Å²) >= 11 is 0. The van der Waals surface area contributed by atoms with E-state index in [2.05, 4.69) is 10.6 Å². The number of fused-ring (bicyclic) bond motifs is 1. The molecule has 0 fully saturated rings. The lowest BCUT2D eigenvalue weighted by molar-refractivity contribution is -0.139. The second-order valence-electron chi connectivity index (χ2n) is 8.31. The Kier molecular flexibility index (Phi) is 7.15. The number of aliphatic carboxylic acids is 1. The zero-order chi connectivity index (χ0) is 25.7. The lowest BCUT2D eigenvalue weighted by Crippen LogP contribution is -2.16. The molecule has 0 aliphatic carbocycles. The number of rotatable bonds is 9. The van der Waals surface area contributed by atoms with E-state index in [4.69, 9.17) is 21.0 Å². The van der Waals surface area contributed by atoms with E-state index in [1.165, 1.54) is 0 Å². The van der Waals surface area contributed by atoms with Crippen LogP contribution < -0.4 is 21.1 Å². The van der Waals surface area contributed by atoms with Crippen molar-refractivity contribution in [2.24, 2.45) is 5.73 Å². The summed E-state index contributed by atoms with van der Waals surface area (Å²) in [5, 5.41) is 24.6. The van der Waals surface area contributed by atoms with Crippen molar-refractivity contribution < 1.29 is 19.4 Å². The summed E-state index contributed by atoms with van der Waals surface area (Å²) < 4.78 is 5.66. The number of carbonyl (C=O) groups excluding carboxylic acids is 1. The first-order valence-electron chi connectivity index (χ1n) is 11.3. The number of hydrogen-bond donors (Lipinski definition) is 5. The maximum atomic E-state index is 13.1. The highest BCUT2D eigenvalue weighted by molar-refractivity contribution is 6.08. The minimum atomic E-state index is -1.06. The lowest BCUT2D eigenvalue weighted by atomic mass is 10.0. The van der Waals surface area contributed by atoms with Crippen molar-refractivity contribution in [3.63, 3.8) is 0 Å². The molecule has 0 radical (unpaired) electrons. The van der Waals surface area contributed by atoms with Crippen LogP contribution >= 0.6 is 0 Å². The molecular weight excluding hydrogens is 456 g/mol. The van der Waals surface area contributed by atoms with E-state index < -0.39 is 12.6 Å². The Morgan fingerprint density at radius 3 is 2.47 bits per heavy atom. The summed E-state index contributed by atoms with van der Waals surface area (Å²) in [6.45, 7) is 1.77. The van der Waals surface area contributed by atoms with Crippen LogP contribution in [0.2, 0.25) is 0 Å². The zero-order valence-corrected chi connectivity index (χ0v) is 19.7. The first-order valence-corrected chi connectivity index (χ1v) is 11.3. The number of carboxylic acids is 1. The van der Waals surface area contributed by atoms with E-state index in [-0.39, 0.29) is 11.7 Å². The average Bonchev–Trinajstić information content (AvgIpc) is 2.87. The topological polar surface area (TPSA) is 138 Å². The van der Waals surface area contributed by atoms with E-state index in [0.29, 0.717) is 34.8 Å². The average molecular weight is 483 g/mol. The molecule has 0 saturated heterocycles. The maximum absolute atomic E-state index is 13.1. The van der Waals surface area contributed by atoms with Crippen molar-refractivity contribution in [2.75, 3.05) is 17.2 Å². The third-order valence-electron chi connectivity index (χ3n) is 5.64. The fourth-order valence-corrected chi connectivity index (χ4v) is 3.85. The SMILES string of the molecule is Cc1ccc(NCc2ccc3ccccc3c2OCC(=O)O)c(C(=O)Nc2ccc(C(=N)N)cc2)c1. The largest absolute Gasteiger partial charge is 0.481 e. The van der Waals surface area contributed by atoms with Gasteiger partial charge in [0, 0.05) is 34.4 Å². The summed E-state index contributed by atoms with van der Waals surface area (Å²) in [7, 11) is 0. The van der Waals surface area contributed by atoms with Crippen LogP contribution in [0.5, 0.6) is 5.75 Å². The molecule has 36 heavy (non-hydrogen) atoms. The molecule has 6 N–H and O–H groups in total. The first-order chi connectivity index (χ1) is 17.3. The van der Waals surface area contributed by atoms with Crippen LogP contribution in [-0.2, 0) is 11.3 Å². The van der Waals surface area contributed by atoms with Gasteiger partial charge in [-0.3, -0.25) is 10.2 Å². The quantitative estimate of drug-likeness (QED) is 0.172. The van der Waals surface area contributed by atoms with E-state index in [1.54, 1.807) is 30.3 Å². The second kappa shape index (κ2) is 10.6. The fourth-order valence-electron chi connectivity index (χ4n) is 3.85. The maximum Gasteiger partial charge on any atom is 0.341 e. The van der Waals surface area contributed by atoms with Gasteiger partial charge in [-0.15, -0.1) is 0 Å². The van der Waals surface area contributed by atoms with Gasteiger partial charge >= 0.3 is 5.97 Å². The molecule has 8 heteroatoms. The predicted molar refractivity (Wildman–Crippen MR) is 141 cm³/mol. The van der Waals surface area contributed by atoms with Crippen molar-refractivity contribution in [3.8, 4) is 5.75 Å². The molecule has 1 amide bonds. The number of carboxylic acid groups (broad SMARTS) is 1. The molecule has 0 bridgehead atoms. The Balaban J connectivity index is 1.58. The van der Waals surface area contributed by atoms with Gasteiger partial charge in [-0.1, -0.05) is 48.0 Å². The molecular formula is C28H26N4O4. The van der Waals surface area contributed by atoms with Gasteiger partial charge in [-0.05, 0) is 48.7 Å². The van der Waals surface area contributed by atoms with Gasteiger partial charge in [0.1, 0.15) is 11.6 Å². The van der Waals surface area contributed by atoms with Crippen LogP contribution in [0.15, 0.2) is 78.9 Å². The Morgan fingerprint density at radius 2 is 1.75 bits per heavy atom. The van der Waals surface area contributed by atoms with Crippen LogP contribution in [0.3, 0.4) is 0 Å². The molecule has 0 aliphatic rings. The molecule has 4 aromatic carbocycles. The number of benzene rings is 4. The Hall–Kier alpha value is -4.85. The van der Waals surface area contributed by atoms with Crippen molar-refractivity contribution in [3.05, 3.63) is 101 Å². The van der Waals surface area contributed by atoms with Crippen LogP contribution in [0.4, 0.5) is 11.4 Å². The van der Waals surface area contributed by atoms with Gasteiger partial charge in [-0.2, -0.15) is 0 Å². The van der Waals surface area contributed by atoms with Crippen molar-refractivity contribution in [2.45, 2.75) is 13.5 Å². The van der Waals surface area contributed by atoms with Gasteiger partial charge < -0.3 is 26.2 Å². The normalized spacial score (nSPS) is 10.6. The molecule has 0 aromatic heterocycles. The molecule has 0 unspecified atom stereocenters. The van der Waals surface area contributed by atoms with Gasteiger partial charge in [0.15, 0.2) is 6.61 Å². The number of anilines is 2. The Morgan fingerprint density at radius 1 is 1.00 bits per heavy atom. The first kappa shape index (κ1) is 24.3. The number of hydrogen-bond acceptors (Lipinski definition) is 5. The molecule has 8 nitrogen and oxygen atoms in total. The minimum absolute atomic E-state index is 0.0431. The number of nitrogens with one attached hydrogen (secondary N) is 3. The summed E-state index contributed by atoms with van der Waals surface area (Å²) in [5.74, 6) is -0.904. The van der Waals surface area contributed by atoms with E-state index in [9.17, 15) is 9.59 Å². The highest BCUT2D eigenvalue weighted by Gasteiger charge is 2.15. The second-order valence-corrected chi connectivity index (χ2v) is 8.31. The third kappa shape index (κ3) is 5.61. The standard InChI is InChI=1S/C28H26N4O4/c1-17-6-13-24(23(14-17)28(35)32-21-11-9-19(10-12-21)27(29)30)31-15-20-8-7-18-4-2-3-5-22(18)26(20)36-16-25(33)34/h2-14,31H,15-16H2,1H3,(H3,29,30)(H,32,35)(H,33,34). The molecule has 182 valence electrons. The number of amides is 1. The van der Waals surface area contributed by atoms with Gasteiger partial charge in [-0.25, -0.2) is 4.79 Å². The summed E-state index contributed by atoms with van der Waals surface area (Å²) in [6.07, 6.45) is 0. The highest BCUT2D eigenvalue weighted by Crippen LogP contribution is 2.31. The molecule has 0 heterocycles. The van der Waals surface area contributed by atoms with Crippen molar-refractivity contribution in [1.29, 1.82) is 5.41 Å². The van der Waals surface area contributed by atoms with Crippen LogP contribution in [0.25, 0.3) is 10.8 Å². The van der Waals surface area contributed by atoms with Gasteiger partial charge in [0.05, 0.1) is 5.56 Å². The van der Waals surface area contributed by atoms with E-state index in [0.717, 1.165) is 21.9 Å². The van der Waals surface area contributed by atoms with Crippen LogP contribution in [-0.4, -0.2) is 29.4 Å². The number of ether oxygens (including phenoxy) is 1. The van der Waals surface area contributed by atoms with Crippen molar-refractivity contribution in [1.82, 2.24) is 0 Å². The summed E-state index contributed by atoms with van der Waals surface area (Å²) in [5.41, 5.74) is 9.42. The molecule has 0 aliphatic heterocycles. The summed E-state index contributed by atoms with van der Waals surface area (Å²) in [6, 6.07) is 23.7. The highest BCUT2D eigenvalue weighted by atomic mass is 16.5. The monoisotopic (exact) mass is 482 g/mol. The minimum Gasteiger partial charge on any atom is -0.481 e. The number of aryl methyl sites for hydroxylation is 1. The zero-order valence-electron chi connectivity index (χ0n) is 19.7. The number of nitrogen functional groups attached to an aromatic ring is 1. The smallest absolute Gasteiger partial charge is 0.341 e. The Labute approximate surface area is 208 Å². The van der Waals surface area contributed by atoms with E-state index in [1.807, 2.05) is 55.5 Å². The summed E-state index contributed by atoms with van der Waals surface area (Å²) in [4.78, 5) is 24.3. The van der Waals surface area contributed by atoms with Crippen LogP contribution in [0.1, 0.15) is 27.0 Å². The molecule has 0 spiro atoms. The predicted octanol–water partition coefficient (Wildman–Crippen LogP) is 4.76.